The molecule has 0 unspecified atom stereocenters. The van der Waals surface area contributed by atoms with Crippen molar-refractivity contribution in [3.63, 3.8) is 0 Å². The molecule has 0 amide bonds. The highest BCUT2D eigenvalue weighted by atomic mass is 16.3. The van der Waals surface area contributed by atoms with Crippen LogP contribution in [0.3, 0.4) is 0 Å². The average Bonchev–Trinajstić information content (AvgIpc) is 2.00. The molecule has 4 N–H and O–H groups in total. The molecule has 0 aromatic carbocycles. The van der Waals surface area contributed by atoms with E-state index in [1.54, 1.807) is 13.8 Å². The summed E-state index contributed by atoms with van der Waals surface area (Å²) in [5.74, 6) is 0. The van der Waals surface area contributed by atoms with E-state index in [2.05, 4.69) is 0 Å². The van der Waals surface area contributed by atoms with Gasteiger partial charge in [0.2, 0.25) is 0 Å². The van der Waals surface area contributed by atoms with Gasteiger partial charge >= 0.3 is 0 Å². The second kappa shape index (κ2) is 8.51. The first-order valence-corrected chi connectivity index (χ1v) is 4.61. The lowest BCUT2D eigenvalue weighted by Crippen LogP contribution is -1.91. The third-order valence-electron chi connectivity index (χ3n) is 1.28. The van der Waals surface area contributed by atoms with Gasteiger partial charge in [-0.15, -0.1) is 0 Å². The van der Waals surface area contributed by atoms with Gasteiger partial charge in [0.1, 0.15) is 0 Å². The molecule has 3 heteroatoms. The summed E-state index contributed by atoms with van der Waals surface area (Å²) in [7, 11) is 0. The van der Waals surface area contributed by atoms with Crippen LogP contribution in [0.4, 0.5) is 0 Å². The van der Waals surface area contributed by atoms with Crippen molar-refractivity contribution in [2.75, 3.05) is 0 Å². The van der Waals surface area contributed by atoms with Crippen LogP contribution in [0, 0.1) is 5.41 Å². The van der Waals surface area contributed by atoms with E-state index in [-0.39, 0.29) is 6.10 Å². The molecule has 0 aromatic rings. The standard InChI is InChI=1S/C8H14N2.C3H8O/c1-6(4-8(3)10)7(2)5-9;1-3(2)4/h4-5,9H,10H2,1-3H3;3-4H,1-2H3/b7-6-,8-4+,9-5?;. The first-order valence-electron chi connectivity index (χ1n) is 4.61. The highest BCUT2D eigenvalue weighted by Crippen LogP contribution is 2.02. The van der Waals surface area contributed by atoms with Gasteiger partial charge in [-0.05, 0) is 51.8 Å². The van der Waals surface area contributed by atoms with Gasteiger partial charge in [-0.25, -0.2) is 0 Å². The molecule has 0 aromatic heterocycles. The number of aliphatic hydroxyl groups excluding tert-OH is 1. The molecule has 0 heterocycles. The summed E-state index contributed by atoms with van der Waals surface area (Å²) < 4.78 is 0. The van der Waals surface area contributed by atoms with Crippen LogP contribution in [0.15, 0.2) is 22.9 Å². The van der Waals surface area contributed by atoms with Crippen molar-refractivity contribution in [1.29, 1.82) is 5.41 Å². The van der Waals surface area contributed by atoms with Crippen molar-refractivity contribution in [3.05, 3.63) is 22.9 Å². The van der Waals surface area contributed by atoms with Crippen molar-refractivity contribution >= 4 is 6.21 Å². The smallest absolute Gasteiger partial charge is 0.0483 e. The van der Waals surface area contributed by atoms with Gasteiger partial charge in [-0.3, -0.25) is 0 Å². The third-order valence-corrected chi connectivity index (χ3v) is 1.28. The Hall–Kier alpha value is -1.09. The molecule has 0 bridgehead atoms. The van der Waals surface area contributed by atoms with Crippen molar-refractivity contribution in [3.8, 4) is 0 Å². The minimum absolute atomic E-state index is 0.167. The Morgan fingerprint density at radius 1 is 1.21 bits per heavy atom. The quantitative estimate of drug-likeness (QED) is 0.470. The molecule has 0 spiro atoms. The van der Waals surface area contributed by atoms with Crippen LogP contribution in [-0.2, 0) is 0 Å². The summed E-state index contributed by atoms with van der Waals surface area (Å²) in [6.07, 6.45) is 3.02. The molecule has 0 aliphatic carbocycles. The van der Waals surface area contributed by atoms with E-state index in [4.69, 9.17) is 16.2 Å². The molecule has 0 atom stereocenters. The Morgan fingerprint density at radius 2 is 1.57 bits per heavy atom. The van der Waals surface area contributed by atoms with Crippen LogP contribution in [0.5, 0.6) is 0 Å². The molecule has 0 aliphatic rings. The molecule has 3 nitrogen and oxygen atoms in total. The minimum atomic E-state index is -0.167. The molecule has 0 radical (unpaired) electrons. The highest BCUT2D eigenvalue weighted by Gasteiger charge is 1.88. The zero-order valence-corrected chi connectivity index (χ0v) is 9.76. The van der Waals surface area contributed by atoms with Gasteiger partial charge in [0.15, 0.2) is 0 Å². The summed E-state index contributed by atoms with van der Waals surface area (Å²) in [6.45, 7) is 9.11. The molecular formula is C11H22N2O. The van der Waals surface area contributed by atoms with Crippen LogP contribution in [0.2, 0.25) is 0 Å². The van der Waals surface area contributed by atoms with Crippen molar-refractivity contribution in [2.24, 2.45) is 5.73 Å². The summed E-state index contributed by atoms with van der Waals surface area (Å²) in [4.78, 5) is 0. The zero-order chi connectivity index (χ0) is 11.7. The lowest BCUT2D eigenvalue weighted by Gasteiger charge is -1.96. The number of hydrogen-bond acceptors (Lipinski definition) is 3. The molecule has 14 heavy (non-hydrogen) atoms. The van der Waals surface area contributed by atoms with E-state index in [0.29, 0.717) is 0 Å². The SMILES string of the molecule is C/C(C=N)=C(C)/C=C(\C)N.CC(C)O. The van der Waals surface area contributed by atoms with Gasteiger partial charge < -0.3 is 16.2 Å². The lowest BCUT2D eigenvalue weighted by molar-refractivity contribution is 0.216. The number of hydrogen-bond donors (Lipinski definition) is 3. The zero-order valence-electron chi connectivity index (χ0n) is 9.76. The Bertz CT molecular complexity index is 221. The predicted molar refractivity (Wildman–Crippen MR) is 62.5 cm³/mol. The van der Waals surface area contributed by atoms with E-state index in [9.17, 15) is 0 Å². The molecule has 0 aliphatic heterocycles. The lowest BCUT2D eigenvalue weighted by atomic mass is 10.1. The summed E-state index contributed by atoms with van der Waals surface area (Å²) in [5, 5.41) is 15.0. The number of nitrogens with two attached hydrogens (primary N) is 1. The molecule has 0 rings (SSSR count). The number of nitrogens with one attached hydrogen (secondary N) is 1. The maximum atomic E-state index is 8.06. The highest BCUT2D eigenvalue weighted by molar-refractivity contribution is 5.76. The second-order valence-corrected chi connectivity index (χ2v) is 3.49. The Morgan fingerprint density at radius 3 is 1.79 bits per heavy atom. The third kappa shape index (κ3) is 13.5. The molecule has 0 saturated carbocycles. The normalized spacial score (nSPS) is 12.9. The molecule has 0 fully saturated rings. The summed E-state index contributed by atoms with van der Waals surface area (Å²) in [5.41, 5.74) is 8.21. The maximum Gasteiger partial charge on any atom is 0.0483 e. The van der Waals surface area contributed by atoms with Crippen LogP contribution in [0.25, 0.3) is 0 Å². The van der Waals surface area contributed by atoms with Gasteiger partial charge in [0.25, 0.3) is 0 Å². The minimum Gasteiger partial charge on any atom is -0.402 e. The maximum absolute atomic E-state index is 8.06. The number of rotatable bonds is 2. The number of aliphatic hydroxyl groups is 1. The van der Waals surface area contributed by atoms with Crippen molar-refractivity contribution in [1.82, 2.24) is 0 Å². The first-order chi connectivity index (χ1) is 6.31. The fraction of sp³-hybridized carbons (Fsp3) is 0.545. The van der Waals surface area contributed by atoms with Crippen LogP contribution < -0.4 is 5.73 Å². The largest absolute Gasteiger partial charge is 0.402 e. The molecule has 82 valence electrons. The van der Waals surface area contributed by atoms with Gasteiger partial charge in [-0.2, -0.15) is 0 Å². The van der Waals surface area contributed by atoms with Gasteiger partial charge in [-0.1, -0.05) is 0 Å². The van der Waals surface area contributed by atoms with E-state index >= 15 is 0 Å². The topological polar surface area (TPSA) is 70.1 Å². The molecular weight excluding hydrogens is 176 g/mol. The van der Waals surface area contributed by atoms with Crippen molar-refractivity contribution in [2.45, 2.75) is 40.7 Å². The fourth-order valence-corrected chi connectivity index (χ4v) is 0.569. The monoisotopic (exact) mass is 198 g/mol. The number of allylic oxidation sites excluding steroid dienone is 4. The fourth-order valence-electron chi connectivity index (χ4n) is 0.569. The predicted octanol–water partition coefficient (Wildman–Crippen LogP) is 2.22. The van der Waals surface area contributed by atoms with Crippen LogP contribution >= 0.6 is 0 Å². The van der Waals surface area contributed by atoms with Gasteiger partial charge in [0, 0.05) is 18.0 Å². The van der Waals surface area contributed by atoms with E-state index in [0.717, 1.165) is 16.8 Å². The first kappa shape index (κ1) is 15.4. The van der Waals surface area contributed by atoms with Crippen LogP contribution in [0.1, 0.15) is 34.6 Å². The second-order valence-electron chi connectivity index (χ2n) is 3.49. The average molecular weight is 198 g/mol. The Balaban J connectivity index is 0. The van der Waals surface area contributed by atoms with Crippen LogP contribution in [-0.4, -0.2) is 17.4 Å². The Labute approximate surface area is 86.8 Å². The van der Waals surface area contributed by atoms with E-state index in [1.165, 1.54) is 6.21 Å². The summed E-state index contributed by atoms with van der Waals surface area (Å²) >= 11 is 0. The Kier molecular flexibility index (Phi) is 9.35. The van der Waals surface area contributed by atoms with E-state index in [1.807, 2.05) is 26.8 Å². The molecule has 0 saturated heterocycles. The van der Waals surface area contributed by atoms with Crippen molar-refractivity contribution < 1.29 is 5.11 Å². The van der Waals surface area contributed by atoms with Gasteiger partial charge in [0.05, 0.1) is 0 Å². The van der Waals surface area contributed by atoms with E-state index < -0.39 is 0 Å². The summed E-state index contributed by atoms with van der Waals surface area (Å²) in [6, 6.07) is 0.